The molecule has 1 rings (SSSR count). The van der Waals surface area contributed by atoms with E-state index in [-0.39, 0.29) is 10.8 Å². The van der Waals surface area contributed by atoms with Crippen molar-refractivity contribution in [3.8, 4) is 12.4 Å². The molecule has 0 aliphatic heterocycles. The highest BCUT2D eigenvalue weighted by atomic mass is 32.1. The van der Waals surface area contributed by atoms with Gasteiger partial charge in [0.1, 0.15) is 5.82 Å². The van der Waals surface area contributed by atoms with Gasteiger partial charge in [-0.05, 0) is 24.4 Å². The number of benzene rings is 1. The number of hydrogen-bond acceptors (Lipinski definition) is 4. The van der Waals surface area contributed by atoms with Crippen LogP contribution in [-0.4, -0.2) is 10.1 Å². The molecule has 0 fully saturated rings. The molecule has 0 spiro atoms. The summed E-state index contributed by atoms with van der Waals surface area (Å²) in [7, 11) is 0. The summed E-state index contributed by atoms with van der Waals surface area (Å²) in [5.74, 6) is -0.500. The standard InChI is InChI=1S/C9H6FN5S/c10-7-3-1-2-4-8(7)14-9(16)15(6-12)13-5-11/h1-4,13H,(H,14,16). The molecule has 0 aliphatic carbocycles. The van der Waals surface area contributed by atoms with E-state index in [1.54, 1.807) is 12.3 Å². The second-order valence-corrected chi connectivity index (χ2v) is 2.96. The lowest BCUT2D eigenvalue weighted by molar-refractivity contribution is 0.515. The highest BCUT2D eigenvalue weighted by Crippen LogP contribution is 2.12. The van der Waals surface area contributed by atoms with Gasteiger partial charge in [0.05, 0.1) is 5.69 Å². The van der Waals surface area contributed by atoms with Gasteiger partial charge in [0.15, 0.2) is 6.19 Å². The van der Waals surface area contributed by atoms with Gasteiger partial charge in [-0.2, -0.15) is 15.5 Å². The van der Waals surface area contributed by atoms with Crippen LogP contribution in [0.25, 0.3) is 0 Å². The predicted molar refractivity (Wildman–Crippen MR) is 58.8 cm³/mol. The molecular formula is C9H6FN5S. The number of rotatable bonds is 2. The molecule has 0 radical (unpaired) electrons. The minimum absolute atomic E-state index is 0.117. The lowest BCUT2D eigenvalue weighted by atomic mass is 10.3. The summed E-state index contributed by atoms with van der Waals surface area (Å²) in [6.45, 7) is 0. The third kappa shape index (κ3) is 2.80. The Morgan fingerprint density at radius 3 is 2.62 bits per heavy atom. The van der Waals surface area contributed by atoms with Gasteiger partial charge < -0.3 is 5.32 Å². The van der Waals surface area contributed by atoms with Crippen LogP contribution in [0.4, 0.5) is 10.1 Å². The summed E-state index contributed by atoms with van der Waals surface area (Å²) >= 11 is 4.79. The highest BCUT2D eigenvalue weighted by molar-refractivity contribution is 7.80. The van der Waals surface area contributed by atoms with Crippen LogP contribution in [0.2, 0.25) is 0 Å². The van der Waals surface area contributed by atoms with Gasteiger partial charge in [-0.25, -0.2) is 9.82 Å². The fourth-order valence-electron chi connectivity index (χ4n) is 0.905. The first-order valence-electron chi connectivity index (χ1n) is 4.09. The van der Waals surface area contributed by atoms with Crippen LogP contribution in [0.1, 0.15) is 0 Å². The van der Waals surface area contributed by atoms with E-state index in [1.165, 1.54) is 24.4 Å². The number of para-hydroxylation sites is 1. The number of nitrogens with zero attached hydrogens (tertiary/aromatic N) is 3. The Labute approximate surface area is 96.7 Å². The van der Waals surface area contributed by atoms with Crippen LogP contribution in [0.15, 0.2) is 24.3 Å². The third-order valence-electron chi connectivity index (χ3n) is 1.58. The van der Waals surface area contributed by atoms with E-state index in [1.807, 2.05) is 5.43 Å². The van der Waals surface area contributed by atoms with Crippen molar-refractivity contribution in [3.05, 3.63) is 30.1 Å². The Kier molecular flexibility index (Phi) is 4.01. The van der Waals surface area contributed by atoms with Gasteiger partial charge in [-0.15, -0.1) is 0 Å². The van der Waals surface area contributed by atoms with E-state index in [0.717, 1.165) is 0 Å². The zero-order chi connectivity index (χ0) is 12.0. The number of nitrogens with one attached hydrogen (secondary N) is 2. The molecule has 0 aromatic heterocycles. The van der Waals surface area contributed by atoms with E-state index < -0.39 is 5.82 Å². The van der Waals surface area contributed by atoms with E-state index in [0.29, 0.717) is 5.01 Å². The number of thiocarbonyl (C=S) groups is 1. The van der Waals surface area contributed by atoms with Crippen LogP contribution in [-0.2, 0) is 0 Å². The maximum absolute atomic E-state index is 13.2. The van der Waals surface area contributed by atoms with E-state index in [2.05, 4.69) is 5.32 Å². The Balaban J connectivity index is 2.76. The molecule has 7 heteroatoms. The largest absolute Gasteiger partial charge is 0.328 e. The predicted octanol–water partition coefficient (Wildman–Crippen LogP) is 1.29. The lowest BCUT2D eigenvalue weighted by Gasteiger charge is -2.14. The molecule has 80 valence electrons. The van der Waals surface area contributed by atoms with Crippen LogP contribution >= 0.6 is 12.2 Å². The van der Waals surface area contributed by atoms with Crippen molar-refractivity contribution in [3.63, 3.8) is 0 Å². The molecule has 2 N–H and O–H groups in total. The lowest BCUT2D eigenvalue weighted by Crippen LogP contribution is -2.39. The van der Waals surface area contributed by atoms with Crippen molar-refractivity contribution in [2.24, 2.45) is 0 Å². The van der Waals surface area contributed by atoms with Gasteiger partial charge in [-0.1, -0.05) is 12.1 Å². The van der Waals surface area contributed by atoms with Crippen LogP contribution in [0.3, 0.4) is 0 Å². The van der Waals surface area contributed by atoms with E-state index in [9.17, 15) is 4.39 Å². The Hall–Kier alpha value is -2.38. The maximum Gasteiger partial charge on any atom is 0.207 e. The van der Waals surface area contributed by atoms with Crippen molar-refractivity contribution in [1.82, 2.24) is 10.4 Å². The van der Waals surface area contributed by atoms with Crippen molar-refractivity contribution in [2.75, 3.05) is 5.32 Å². The quantitative estimate of drug-likeness (QED) is 0.348. The molecule has 1 aromatic rings. The fraction of sp³-hybridized carbons (Fsp3) is 0. The van der Waals surface area contributed by atoms with E-state index in [4.69, 9.17) is 22.7 Å². The highest BCUT2D eigenvalue weighted by Gasteiger charge is 2.09. The molecule has 0 atom stereocenters. The molecular weight excluding hydrogens is 229 g/mol. The summed E-state index contributed by atoms with van der Waals surface area (Å²) in [6, 6.07) is 5.85. The smallest absolute Gasteiger partial charge is 0.207 e. The topological polar surface area (TPSA) is 74.9 Å². The number of anilines is 1. The number of halogens is 1. The molecule has 16 heavy (non-hydrogen) atoms. The summed E-state index contributed by atoms with van der Waals surface area (Å²) < 4.78 is 13.2. The van der Waals surface area contributed by atoms with E-state index >= 15 is 0 Å². The molecule has 0 saturated heterocycles. The van der Waals surface area contributed by atoms with Gasteiger partial charge in [0, 0.05) is 0 Å². The minimum Gasteiger partial charge on any atom is -0.328 e. The number of hydrazine groups is 1. The zero-order valence-electron chi connectivity index (χ0n) is 7.94. The molecule has 0 aliphatic rings. The zero-order valence-corrected chi connectivity index (χ0v) is 8.75. The van der Waals surface area contributed by atoms with Gasteiger partial charge in [-0.3, -0.25) is 0 Å². The molecule has 0 unspecified atom stereocenters. The second-order valence-electron chi connectivity index (χ2n) is 2.57. The summed E-state index contributed by atoms with van der Waals surface area (Å²) in [4.78, 5) is 0. The number of nitriles is 2. The van der Waals surface area contributed by atoms with Crippen molar-refractivity contribution >= 4 is 23.0 Å². The van der Waals surface area contributed by atoms with Crippen LogP contribution < -0.4 is 10.7 Å². The first kappa shape index (κ1) is 11.7. The Morgan fingerprint density at radius 1 is 1.38 bits per heavy atom. The normalized spacial score (nSPS) is 8.44. The Morgan fingerprint density at radius 2 is 2.06 bits per heavy atom. The average molecular weight is 235 g/mol. The molecule has 0 amide bonds. The molecule has 0 heterocycles. The van der Waals surface area contributed by atoms with Gasteiger partial charge in [0.2, 0.25) is 11.3 Å². The third-order valence-corrected chi connectivity index (χ3v) is 1.86. The minimum atomic E-state index is -0.500. The monoisotopic (exact) mass is 235 g/mol. The maximum atomic E-state index is 13.2. The Bertz CT molecular complexity index is 476. The average Bonchev–Trinajstić information content (AvgIpc) is 2.29. The molecule has 0 bridgehead atoms. The van der Waals surface area contributed by atoms with Crippen molar-refractivity contribution in [2.45, 2.75) is 0 Å². The van der Waals surface area contributed by atoms with Crippen molar-refractivity contribution < 1.29 is 4.39 Å². The van der Waals surface area contributed by atoms with Crippen LogP contribution in [0, 0.1) is 28.7 Å². The molecule has 1 aromatic carbocycles. The van der Waals surface area contributed by atoms with Crippen molar-refractivity contribution in [1.29, 1.82) is 10.5 Å². The van der Waals surface area contributed by atoms with Gasteiger partial charge >= 0.3 is 0 Å². The fourth-order valence-corrected chi connectivity index (χ4v) is 1.10. The summed E-state index contributed by atoms with van der Waals surface area (Å²) in [5, 5.41) is 20.0. The number of hydrogen-bond donors (Lipinski definition) is 2. The molecule has 0 saturated carbocycles. The second kappa shape index (κ2) is 5.49. The van der Waals surface area contributed by atoms with Crippen LogP contribution in [0.5, 0.6) is 0 Å². The SMILES string of the molecule is N#CNN(C#N)C(=S)Nc1ccccc1F. The first-order chi connectivity index (χ1) is 7.69. The molecule has 5 nitrogen and oxygen atoms in total. The summed E-state index contributed by atoms with van der Waals surface area (Å²) in [5.41, 5.74) is 2.16. The first-order valence-corrected chi connectivity index (χ1v) is 4.50. The summed E-state index contributed by atoms with van der Waals surface area (Å²) in [6.07, 6.45) is 3.15. The van der Waals surface area contributed by atoms with Gasteiger partial charge in [0.25, 0.3) is 0 Å².